The molecule has 1 aromatic heterocycles. The van der Waals surface area contributed by atoms with Gasteiger partial charge in [-0.15, -0.1) is 0 Å². The SMILES string of the molecule is COc1cccc(COc2c(N)cccc2Br)n1. The van der Waals surface area contributed by atoms with E-state index >= 15 is 0 Å². The first kappa shape index (κ1) is 12.7. The van der Waals surface area contributed by atoms with Gasteiger partial charge in [0.15, 0.2) is 5.75 Å². The molecule has 2 N–H and O–H groups in total. The summed E-state index contributed by atoms with van der Waals surface area (Å²) in [6.45, 7) is 0.337. The van der Waals surface area contributed by atoms with Gasteiger partial charge in [-0.1, -0.05) is 12.1 Å². The van der Waals surface area contributed by atoms with E-state index in [4.69, 9.17) is 15.2 Å². The highest BCUT2D eigenvalue weighted by Gasteiger charge is 2.06. The number of aromatic nitrogens is 1. The van der Waals surface area contributed by atoms with Gasteiger partial charge in [-0.3, -0.25) is 0 Å². The minimum absolute atomic E-state index is 0.337. The zero-order chi connectivity index (χ0) is 13.0. The van der Waals surface area contributed by atoms with Crippen LogP contribution in [0, 0.1) is 0 Å². The van der Waals surface area contributed by atoms with E-state index in [9.17, 15) is 0 Å². The van der Waals surface area contributed by atoms with E-state index in [1.54, 1.807) is 19.2 Å². The summed E-state index contributed by atoms with van der Waals surface area (Å²) >= 11 is 3.40. The van der Waals surface area contributed by atoms with Crippen molar-refractivity contribution in [3.63, 3.8) is 0 Å². The molecule has 5 heteroatoms. The van der Waals surface area contributed by atoms with Gasteiger partial charge in [0.05, 0.1) is 23.0 Å². The van der Waals surface area contributed by atoms with Gasteiger partial charge in [-0.25, -0.2) is 4.98 Å². The molecule has 0 saturated heterocycles. The monoisotopic (exact) mass is 308 g/mol. The number of hydrogen-bond donors (Lipinski definition) is 1. The van der Waals surface area contributed by atoms with Crippen molar-refractivity contribution in [1.29, 1.82) is 0 Å². The summed E-state index contributed by atoms with van der Waals surface area (Å²) in [7, 11) is 1.58. The Hall–Kier alpha value is -1.75. The first-order chi connectivity index (χ1) is 8.70. The summed E-state index contributed by atoms with van der Waals surface area (Å²) in [6.07, 6.45) is 0. The Bertz CT molecular complexity index is 526. The predicted molar refractivity (Wildman–Crippen MR) is 73.7 cm³/mol. The predicted octanol–water partition coefficient (Wildman–Crippen LogP) is 3.01. The van der Waals surface area contributed by atoms with Gasteiger partial charge in [0.1, 0.15) is 6.61 Å². The van der Waals surface area contributed by atoms with Crippen LogP contribution in [0.2, 0.25) is 0 Å². The molecule has 1 heterocycles. The van der Waals surface area contributed by atoms with Crippen LogP contribution in [0.3, 0.4) is 0 Å². The highest BCUT2D eigenvalue weighted by atomic mass is 79.9. The van der Waals surface area contributed by atoms with Gasteiger partial charge in [0, 0.05) is 6.07 Å². The quantitative estimate of drug-likeness (QED) is 0.882. The van der Waals surface area contributed by atoms with E-state index in [2.05, 4.69) is 20.9 Å². The second-order valence-electron chi connectivity index (χ2n) is 3.62. The molecule has 0 amide bonds. The molecule has 0 bridgehead atoms. The number of halogens is 1. The van der Waals surface area contributed by atoms with Crippen molar-refractivity contribution in [1.82, 2.24) is 4.98 Å². The Morgan fingerprint density at radius 2 is 2.00 bits per heavy atom. The van der Waals surface area contributed by atoms with Gasteiger partial charge in [0.25, 0.3) is 0 Å². The minimum atomic E-state index is 0.337. The molecule has 0 radical (unpaired) electrons. The minimum Gasteiger partial charge on any atom is -0.484 e. The Morgan fingerprint density at radius 1 is 1.22 bits per heavy atom. The van der Waals surface area contributed by atoms with Gasteiger partial charge >= 0.3 is 0 Å². The normalized spacial score (nSPS) is 10.1. The largest absolute Gasteiger partial charge is 0.484 e. The molecule has 18 heavy (non-hydrogen) atoms. The van der Waals surface area contributed by atoms with E-state index in [1.165, 1.54) is 0 Å². The average molecular weight is 309 g/mol. The first-order valence-electron chi connectivity index (χ1n) is 5.37. The standard InChI is InChI=1S/C13H13BrN2O2/c1-17-12-7-2-4-9(16-12)8-18-13-10(14)5-3-6-11(13)15/h2-7H,8,15H2,1H3. The van der Waals surface area contributed by atoms with Crippen LogP contribution in [-0.2, 0) is 6.61 Å². The number of hydrogen-bond acceptors (Lipinski definition) is 4. The van der Waals surface area contributed by atoms with E-state index in [1.807, 2.05) is 24.3 Å². The number of pyridine rings is 1. The molecule has 2 rings (SSSR count). The molecule has 94 valence electrons. The number of methoxy groups -OCH3 is 1. The van der Waals surface area contributed by atoms with Crippen LogP contribution in [0.5, 0.6) is 11.6 Å². The number of nitrogens with two attached hydrogens (primary N) is 1. The Morgan fingerprint density at radius 3 is 2.72 bits per heavy atom. The maximum absolute atomic E-state index is 5.84. The fraction of sp³-hybridized carbons (Fsp3) is 0.154. The summed E-state index contributed by atoms with van der Waals surface area (Å²) in [5.41, 5.74) is 7.21. The topological polar surface area (TPSA) is 57.4 Å². The van der Waals surface area contributed by atoms with E-state index < -0.39 is 0 Å². The van der Waals surface area contributed by atoms with Crippen LogP contribution >= 0.6 is 15.9 Å². The number of anilines is 1. The van der Waals surface area contributed by atoms with E-state index in [-0.39, 0.29) is 0 Å². The molecule has 0 unspecified atom stereocenters. The molecule has 0 aliphatic carbocycles. The van der Waals surface area contributed by atoms with Gasteiger partial charge < -0.3 is 15.2 Å². The van der Waals surface area contributed by atoms with Crippen molar-refractivity contribution in [2.75, 3.05) is 12.8 Å². The zero-order valence-corrected chi connectivity index (χ0v) is 11.5. The van der Waals surface area contributed by atoms with Crippen LogP contribution in [0.25, 0.3) is 0 Å². The van der Waals surface area contributed by atoms with Crippen LogP contribution in [0.4, 0.5) is 5.69 Å². The second-order valence-corrected chi connectivity index (χ2v) is 4.47. The fourth-order valence-electron chi connectivity index (χ4n) is 1.48. The second kappa shape index (κ2) is 5.73. The van der Waals surface area contributed by atoms with Crippen molar-refractivity contribution in [2.24, 2.45) is 0 Å². The van der Waals surface area contributed by atoms with E-state index in [0.717, 1.165) is 10.2 Å². The number of benzene rings is 1. The fourth-order valence-corrected chi connectivity index (χ4v) is 1.97. The number of nitrogen functional groups attached to an aromatic ring is 1. The Kier molecular flexibility index (Phi) is 4.04. The molecule has 0 aliphatic heterocycles. The van der Waals surface area contributed by atoms with Crippen molar-refractivity contribution in [2.45, 2.75) is 6.61 Å². The molecule has 0 spiro atoms. The van der Waals surface area contributed by atoms with Crippen molar-refractivity contribution >= 4 is 21.6 Å². The Balaban J connectivity index is 2.11. The molecular weight excluding hydrogens is 296 g/mol. The molecule has 0 fully saturated rings. The highest BCUT2D eigenvalue weighted by Crippen LogP contribution is 2.31. The van der Waals surface area contributed by atoms with Crippen molar-refractivity contribution in [3.05, 3.63) is 46.6 Å². The summed E-state index contributed by atoms with van der Waals surface area (Å²) in [6, 6.07) is 11.1. The highest BCUT2D eigenvalue weighted by molar-refractivity contribution is 9.10. The molecule has 4 nitrogen and oxygen atoms in total. The van der Waals surface area contributed by atoms with Crippen molar-refractivity contribution in [3.8, 4) is 11.6 Å². The van der Waals surface area contributed by atoms with Gasteiger partial charge in [-0.2, -0.15) is 0 Å². The smallest absolute Gasteiger partial charge is 0.213 e. The third kappa shape index (κ3) is 2.92. The molecule has 1 aromatic carbocycles. The summed E-state index contributed by atoms with van der Waals surface area (Å²) in [4.78, 5) is 4.26. The number of rotatable bonds is 4. The summed E-state index contributed by atoms with van der Waals surface area (Å²) < 4.78 is 11.5. The summed E-state index contributed by atoms with van der Waals surface area (Å²) in [5, 5.41) is 0. The van der Waals surface area contributed by atoms with Crippen LogP contribution in [0.1, 0.15) is 5.69 Å². The van der Waals surface area contributed by atoms with Crippen molar-refractivity contribution < 1.29 is 9.47 Å². The average Bonchev–Trinajstić information content (AvgIpc) is 2.38. The lowest BCUT2D eigenvalue weighted by Crippen LogP contribution is -2.02. The maximum atomic E-state index is 5.84. The van der Waals surface area contributed by atoms with Crippen LogP contribution in [0.15, 0.2) is 40.9 Å². The zero-order valence-electron chi connectivity index (χ0n) is 9.89. The van der Waals surface area contributed by atoms with Crippen LogP contribution < -0.4 is 15.2 Å². The summed E-state index contributed by atoms with van der Waals surface area (Å²) in [5.74, 6) is 1.19. The van der Waals surface area contributed by atoms with E-state index in [0.29, 0.717) is 23.9 Å². The third-order valence-electron chi connectivity index (χ3n) is 2.35. The first-order valence-corrected chi connectivity index (χ1v) is 6.16. The van der Waals surface area contributed by atoms with Gasteiger partial charge in [0.2, 0.25) is 5.88 Å². The lowest BCUT2D eigenvalue weighted by molar-refractivity contribution is 0.298. The molecule has 2 aromatic rings. The number of para-hydroxylation sites is 1. The molecular formula is C13H13BrN2O2. The lowest BCUT2D eigenvalue weighted by Gasteiger charge is -2.10. The molecule has 0 aliphatic rings. The lowest BCUT2D eigenvalue weighted by atomic mass is 10.3. The molecule has 0 atom stereocenters. The maximum Gasteiger partial charge on any atom is 0.213 e. The van der Waals surface area contributed by atoms with Crippen LogP contribution in [-0.4, -0.2) is 12.1 Å². The number of nitrogens with zero attached hydrogens (tertiary/aromatic N) is 1. The Labute approximate surface area is 114 Å². The third-order valence-corrected chi connectivity index (χ3v) is 2.98. The molecule has 0 saturated carbocycles. The van der Waals surface area contributed by atoms with Gasteiger partial charge in [-0.05, 0) is 34.1 Å². The number of ether oxygens (including phenoxy) is 2.